The molecule has 3 aromatic rings. The van der Waals surface area contributed by atoms with Gasteiger partial charge in [-0.15, -0.1) is 0 Å². The SMILES string of the molecule is O[Si]12c3ccccc3P(c3ccccc31)c1ccccc12. The fourth-order valence-corrected chi connectivity index (χ4v) is 11.9. The molecule has 0 radical (unpaired) electrons. The number of hydrogen-bond donors (Lipinski definition) is 1. The van der Waals surface area contributed by atoms with Gasteiger partial charge in [0.1, 0.15) is 0 Å². The minimum atomic E-state index is -2.79. The van der Waals surface area contributed by atoms with E-state index in [-0.39, 0.29) is 0 Å². The van der Waals surface area contributed by atoms with E-state index >= 15 is 0 Å². The number of hydrogen-bond acceptors (Lipinski definition) is 1. The van der Waals surface area contributed by atoms with Gasteiger partial charge in [-0.1, -0.05) is 72.8 Å². The van der Waals surface area contributed by atoms with Crippen LogP contribution in [0.25, 0.3) is 0 Å². The molecule has 1 N–H and O–H groups in total. The predicted octanol–water partition coefficient (Wildman–Crippen LogP) is 0.0308. The molecule has 3 aromatic carbocycles. The van der Waals surface area contributed by atoms with E-state index in [1.54, 1.807) is 0 Å². The summed E-state index contributed by atoms with van der Waals surface area (Å²) in [4.78, 5) is 11.8. The molecule has 0 unspecified atom stereocenters. The highest BCUT2D eigenvalue weighted by atomic mass is 31.1. The Kier molecular flexibility index (Phi) is 2.22. The highest BCUT2D eigenvalue weighted by Crippen LogP contribution is 2.37. The first-order chi connectivity index (χ1) is 10.3. The average Bonchev–Trinajstić information content (AvgIpc) is 2.56. The van der Waals surface area contributed by atoms with E-state index in [2.05, 4.69) is 72.8 Å². The maximum atomic E-state index is 11.8. The summed E-state index contributed by atoms with van der Waals surface area (Å²) in [5.74, 6) is 0. The monoisotopic (exact) mass is 304 g/mol. The third kappa shape index (κ3) is 1.29. The van der Waals surface area contributed by atoms with Crippen LogP contribution in [0.5, 0.6) is 0 Å². The van der Waals surface area contributed by atoms with Crippen LogP contribution in [0.1, 0.15) is 0 Å². The summed E-state index contributed by atoms with van der Waals surface area (Å²) in [7, 11) is -3.30. The molecule has 3 heterocycles. The Labute approximate surface area is 125 Å². The highest BCUT2D eigenvalue weighted by molar-refractivity contribution is 7.83. The second-order valence-corrected chi connectivity index (χ2v) is 10.8. The second kappa shape index (κ2) is 3.92. The molecule has 6 rings (SSSR count). The fraction of sp³-hybridized carbons (Fsp3) is 0. The first-order valence-electron chi connectivity index (χ1n) is 7.13. The van der Waals surface area contributed by atoms with E-state index in [4.69, 9.17) is 0 Å². The largest absolute Gasteiger partial charge is 0.421 e. The van der Waals surface area contributed by atoms with Crippen molar-refractivity contribution >= 4 is 47.7 Å². The fourth-order valence-electron chi connectivity index (χ4n) is 3.75. The van der Waals surface area contributed by atoms with Crippen LogP contribution in [0.15, 0.2) is 72.8 Å². The van der Waals surface area contributed by atoms with Gasteiger partial charge in [-0.25, -0.2) is 0 Å². The molecule has 21 heavy (non-hydrogen) atoms. The van der Waals surface area contributed by atoms with Crippen molar-refractivity contribution in [3.8, 4) is 0 Å². The van der Waals surface area contributed by atoms with E-state index in [0.29, 0.717) is 0 Å². The Morgan fingerprint density at radius 3 is 1.29 bits per heavy atom. The maximum absolute atomic E-state index is 11.8. The number of rotatable bonds is 0. The van der Waals surface area contributed by atoms with Gasteiger partial charge < -0.3 is 4.80 Å². The lowest BCUT2D eigenvalue weighted by molar-refractivity contribution is 0.583. The molecule has 0 amide bonds. The number of benzene rings is 3. The Morgan fingerprint density at radius 1 is 0.571 bits per heavy atom. The van der Waals surface area contributed by atoms with Gasteiger partial charge in [0.25, 0.3) is 8.32 Å². The van der Waals surface area contributed by atoms with Crippen LogP contribution in [0, 0.1) is 0 Å². The lowest BCUT2D eigenvalue weighted by atomic mass is 10.3. The molecule has 0 aliphatic carbocycles. The van der Waals surface area contributed by atoms with E-state index in [1.165, 1.54) is 31.5 Å². The normalized spacial score (nSPS) is 24.1. The van der Waals surface area contributed by atoms with E-state index in [9.17, 15) is 4.80 Å². The average molecular weight is 304 g/mol. The van der Waals surface area contributed by atoms with Crippen molar-refractivity contribution < 1.29 is 4.80 Å². The quantitative estimate of drug-likeness (QED) is 0.459. The highest BCUT2D eigenvalue weighted by Gasteiger charge is 2.53. The molecule has 0 fully saturated rings. The van der Waals surface area contributed by atoms with Crippen molar-refractivity contribution in [2.45, 2.75) is 0 Å². The van der Waals surface area contributed by atoms with Crippen molar-refractivity contribution in [1.82, 2.24) is 0 Å². The molecule has 3 aliphatic heterocycles. The van der Waals surface area contributed by atoms with Crippen molar-refractivity contribution in [2.75, 3.05) is 0 Å². The van der Waals surface area contributed by atoms with Crippen molar-refractivity contribution in [1.29, 1.82) is 0 Å². The zero-order valence-electron chi connectivity index (χ0n) is 11.3. The van der Waals surface area contributed by atoms with E-state index in [0.717, 1.165) is 0 Å². The van der Waals surface area contributed by atoms with Gasteiger partial charge in [-0.05, 0) is 39.4 Å². The van der Waals surface area contributed by atoms with Gasteiger partial charge in [0.15, 0.2) is 0 Å². The van der Waals surface area contributed by atoms with Crippen LogP contribution in [0.4, 0.5) is 0 Å². The molecule has 3 heteroatoms. The first-order valence-corrected chi connectivity index (χ1v) is 10.4. The summed E-state index contributed by atoms with van der Waals surface area (Å²) < 4.78 is 0. The Bertz CT molecular complexity index is 774. The summed E-state index contributed by atoms with van der Waals surface area (Å²) in [6, 6.07) is 25.6. The van der Waals surface area contributed by atoms with Gasteiger partial charge >= 0.3 is 0 Å². The predicted molar refractivity (Wildman–Crippen MR) is 92.0 cm³/mol. The Balaban J connectivity index is 2.00. The second-order valence-electron chi connectivity index (χ2n) is 5.60. The first kappa shape index (κ1) is 11.9. The van der Waals surface area contributed by atoms with Crippen molar-refractivity contribution in [3.63, 3.8) is 0 Å². The zero-order chi connectivity index (χ0) is 14.0. The molecule has 0 atom stereocenters. The van der Waals surface area contributed by atoms with Crippen LogP contribution >= 0.6 is 7.92 Å². The summed E-state index contributed by atoms with van der Waals surface area (Å²) in [5, 5.41) is 7.69. The van der Waals surface area contributed by atoms with E-state index < -0.39 is 16.2 Å². The van der Waals surface area contributed by atoms with Gasteiger partial charge in [-0.2, -0.15) is 0 Å². The summed E-state index contributed by atoms with van der Waals surface area (Å²) >= 11 is 0. The van der Waals surface area contributed by atoms with Crippen LogP contribution in [-0.4, -0.2) is 13.1 Å². The lowest BCUT2D eigenvalue weighted by Gasteiger charge is -2.45. The third-order valence-corrected chi connectivity index (χ3v) is 11.5. The lowest BCUT2D eigenvalue weighted by Crippen LogP contribution is -2.82. The molecule has 100 valence electrons. The van der Waals surface area contributed by atoms with Gasteiger partial charge in [0.2, 0.25) is 0 Å². The molecule has 1 nitrogen and oxygen atoms in total. The Morgan fingerprint density at radius 2 is 0.905 bits per heavy atom. The molecule has 0 spiro atoms. The van der Waals surface area contributed by atoms with Crippen LogP contribution < -0.4 is 31.5 Å². The van der Waals surface area contributed by atoms with Crippen molar-refractivity contribution in [2.24, 2.45) is 0 Å². The minimum Gasteiger partial charge on any atom is -0.421 e. The van der Waals surface area contributed by atoms with Crippen LogP contribution in [-0.2, 0) is 0 Å². The summed E-state index contributed by atoms with van der Waals surface area (Å²) in [5.41, 5.74) is 0. The molecule has 3 aliphatic rings. The summed E-state index contributed by atoms with van der Waals surface area (Å²) in [6.07, 6.45) is 0. The topological polar surface area (TPSA) is 20.2 Å². The molecule has 2 bridgehead atoms. The van der Waals surface area contributed by atoms with Crippen LogP contribution in [0.3, 0.4) is 0 Å². The minimum absolute atomic E-state index is 0.508. The van der Waals surface area contributed by atoms with Crippen LogP contribution in [0.2, 0.25) is 0 Å². The molecule has 0 aromatic heterocycles. The molecule has 0 saturated carbocycles. The molecular formula is C18H13OPSi. The Hall–Kier alpha value is -1.73. The van der Waals surface area contributed by atoms with Gasteiger partial charge in [0.05, 0.1) is 0 Å². The van der Waals surface area contributed by atoms with Gasteiger partial charge in [0, 0.05) is 0 Å². The van der Waals surface area contributed by atoms with E-state index in [1.807, 2.05) is 0 Å². The smallest absolute Gasteiger partial charge is 0.287 e. The standard InChI is InChI=1S/C18H13OPSi/c19-21-16-10-4-1-7-13(16)20(14-8-2-5-11-17(14)21)15-9-3-6-12-18(15)21/h1-12,19H. The molecular weight excluding hydrogens is 291 g/mol. The zero-order valence-corrected chi connectivity index (χ0v) is 13.2. The van der Waals surface area contributed by atoms with Crippen molar-refractivity contribution in [3.05, 3.63) is 72.8 Å². The van der Waals surface area contributed by atoms with Gasteiger partial charge in [-0.3, -0.25) is 0 Å². The molecule has 0 saturated heterocycles. The third-order valence-electron chi connectivity index (χ3n) is 4.60. The summed E-state index contributed by atoms with van der Waals surface area (Å²) in [6.45, 7) is 0. The maximum Gasteiger partial charge on any atom is 0.287 e.